The SMILES string of the molecule is CC(C)=CCC/C=C(\C)CP1(=O)c2ccc3ccccc3c2-c2c1ccc1ccccc21. The summed E-state index contributed by atoms with van der Waals surface area (Å²) in [5, 5.41) is 6.86. The summed E-state index contributed by atoms with van der Waals surface area (Å²) in [6, 6.07) is 25.5. The summed E-state index contributed by atoms with van der Waals surface area (Å²) >= 11 is 0. The first kappa shape index (κ1) is 21.0. The van der Waals surface area contributed by atoms with Crippen LogP contribution in [0.1, 0.15) is 33.6 Å². The number of hydrogen-bond donors (Lipinski definition) is 0. The van der Waals surface area contributed by atoms with Crippen LogP contribution in [-0.4, -0.2) is 6.16 Å². The molecular weight excluding hydrogens is 407 g/mol. The van der Waals surface area contributed by atoms with Crippen LogP contribution in [0, 0.1) is 0 Å². The summed E-state index contributed by atoms with van der Waals surface area (Å²) in [5.41, 5.74) is 4.92. The van der Waals surface area contributed by atoms with Gasteiger partial charge < -0.3 is 4.57 Å². The van der Waals surface area contributed by atoms with Crippen molar-refractivity contribution < 1.29 is 4.57 Å². The minimum absolute atomic E-state index is 0.610. The minimum atomic E-state index is -2.77. The third-order valence-corrected chi connectivity index (χ3v) is 9.77. The predicted octanol–water partition coefficient (Wildman–Crippen LogP) is 7.98. The van der Waals surface area contributed by atoms with Crippen molar-refractivity contribution in [3.63, 3.8) is 0 Å². The summed E-state index contributed by atoms with van der Waals surface area (Å²) in [7, 11) is -2.77. The summed E-state index contributed by atoms with van der Waals surface area (Å²) in [4.78, 5) is 0. The summed E-state index contributed by atoms with van der Waals surface area (Å²) in [6.45, 7) is 6.41. The molecule has 0 unspecified atom stereocenters. The quantitative estimate of drug-likeness (QED) is 0.176. The van der Waals surface area contributed by atoms with Gasteiger partial charge in [0, 0.05) is 27.9 Å². The maximum absolute atomic E-state index is 14.8. The van der Waals surface area contributed by atoms with E-state index in [1.54, 1.807) is 0 Å². The van der Waals surface area contributed by atoms with E-state index in [-0.39, 0.29) is 0 Å². The maximum atomic E-state index is 14.8. The second-order valence-electron chi connectivity index (χ2n) is 9.17. The van der Waals surface area contributed by atoms with E-state index >= 15 is 0 Å². The van der Waals surface area contributed by atoms with Gasteiger partial charge in [-0.2, -0.15) is 0 Å². The zero-order valence-electron chi connectivity index (χ0n) is 19.1. The lowest BCUT2D eigenvalue weighted by atomic mass is 9.94. The van der Waals surface area contributed by atoms with Gasteiger partial charge in [-0.3, -0.25) is 0 Å². The molecule has 0 saturated carbocycles. The van der Waals surface area contributed by atoms with Crippen LogP contribution < -0.4 is 10.6 Å². The van der Waals surface area contributed by atoms with Crippen LogP contribution in [0.3, 0.4) is 0 Å². The Morgan fingerprint density at radius 1 is 0.688 bits per heavy atom. The largest absolute Gasteiger partial charge is 0.313 e. The van der Waals surface area contributed by atoms with E-state index in [1.807, 2.05) is 0 Å². The van der Waals surface area contributed by atoms with Gasteiger partial charge in [0.25, 0.3) is 0 Å². The molecule has 0 aromatic heterocycles. The first-order chi connectivity index (χ1) is 15.5. The van der Waals surface area contributed by atoms with Crippen molar-refractivity contribution >= 4 is 39.3 Å². The number of rotatable bonds is 5. The van der Waals surface area contributed by atoms with Gasteiger partial charge in [-0.15, -0.1) is 0 Å². The average molecular weight is 437 g/mol. The summed E-state index contributed by atoms with van der Waals surface area (Å²) < 4.78 is 14.8. The van der Waals surface area contributed by atoms with E-state index in [2.05, 4.69) is 106 Å². The topological polar surface area (TPSA) is 17.1 Å². The molecule has 2 heteroatoms. The number of fused-ring (bicyclic) bond motifs is 7. The zero-order valence-corrected chi connectivity index (χ0v) is 20.0. The molecule has 1 nitrogen and oxygen atoms in total. The third kappa shape index (κ3) is 3.46. The fourth-order valence-electron chi connectivity index (χ4n) is 5.07. The van der Waals surface area contributed by atoms with Gasteiger partial charge in [-0.1, -0.05) is 84.0 Å². The van der Waals surface area contributed by atoms with Gasteiger partial charge in [0.05, 0.1) is 0 Å². The van der Waals surface area contributed by atoms with Gasteiger partial charge in [0.2, 0.25) is 0 Å². The molecule has 1 aliphatic heterocycles. The van der Waals surface area contributed by atoms with Gasteiger partial charge in [-0.25, -0.2) is 0 Å². The Kier molecular flexibility index (Phi) is 5.39. The zero-order chi connectivity index (χ0) is 22.3. The Bertz CT molecular complexity index is 1360. The molecule has 0 radical (unpaired) electrons. The van der Waals surface area contributed by atoms with Crippen LogP contribution in [0.15, 0.2) is 96.1 Å². The highest BCUT2D eigenvalue weighted by atomic mass is 31.2. The number of hydrogen-bond acceptors (Lipinski definition) is 1. The molecule has 0 aliphatic carbocycles. The number of unbranched alkanes of at least 4 members (excludes halogenated alkanes) is 1. The van der Waals surface area contributed by atoms with E-state index < -0.39 is 7.14 Å². The van der Waals surface area contributed by atoms with Gasteiger partial charge in [-0.05, 0) is 67.3 Å². The van der Waals surface area contributed by atoms with Crippen LogP contribution in [0.5, 0.6) is 0 Å². The number of benzene rings is 4. The van der Waals surface area contributed by atoms with Crippen LogP contribution in [0.4, 0.5) is 0 Å². The second-order valence-corrected chi connectivity index (χ2v) is 11.9. The van der Waals surface area contributed by atoms with Gasteiger partial charge >= 0.3 is 0 Å². The highest BCUT2D eigenvalue weighted by molar-refractivity contribution is 7.80. The smallest absolute Gasteiger partial charge is 0.148 e. The van der Waals surface area contributed by atoms with Crippen molar-refractivity contribution in [1.82, 2.24) is 0 Å². The molecule has 0 fully saturated rings. The molecule has 0 bridgehead atoms. The van der Waals surface area contributed by atoms with Crippen molar-refractivity contribution in [2.24, 2.45) is 0 Å². The fraction of sp³-hybridized carbons (Fsp3) is 0.200. The lowest BCUT2D eigenvalue weighted by molar-refractivity contribution is 0.588. The first-order valence-corrected chi connectivity index (χ1v) is 13.3. The Hall–Kier alpha value is -2.89. The summed E-state index contributed by atoms with van der Waals surface area (Å²) in [6.07, 6.45) is 7.18. The Labute approximate surface area is 190 Å². The van der Waals surface area contributed by atoms with Crippen LogP contribution >= 0.6 is 7.14 Å². The molecule has 4 aromatic carbocycles. The Morgan fingerprint density at radius 3 is 1.72 bits per heavy atom. The Morgan fingerprint density at radius 2 is 1.19 bits per heavy atom. The molecule has 160 valence electrons. The monoisotopic (exact) mass is 436 g/mol. The molecule has 1 heterocycles. The second kappa shape index (κ2) is 8.23. The van der Waals surface area contributed by atoms with Crippen molar-refractivity contribution in [2.45, 2.75) is 33.6 Å². The molecule has 0 N–H and O–H groups in total. The van der Waals surface area contributed by atoms with Crippen molar-refractivity contribution in [1.29, 1.82) is 0 Å². The number of allylic oxidation sites excluding steroid dienone is 4. The molecule has 0 amide bonds. The molecule has 0 saturated heterocycles. The minimum Gasteiger partial charge on any atom is -0.313 e. The summed E-state index contributed by atoms with van der Waals surface area (Å²) in [5.74, 6) is 0. The van der Waals surface area contributed by atoms with E-state index in [1.165, 1.54) is 43.8 Å². The lowest BCUT2D eigenvalue weighted by Gasteiger charge is -2.16. The molecule has 0 spiro atoms. The highest BCUT2D eigenvalue weighted by Gasteiger charge is 2.40. The molecule has 4 aromatic rings. The Balaban J connectivity index is 1.71. The lowest BCUT2D eigenvalue weighted by Crippen LogP contribution is -2.13. The normalized spacial score (nSPS) is 14.4. The van der Waals surface area contributed by atoms with Crippen LogP contribution in [-0.2, 0) is 4.57 Å². The predicted molar refractivity (Wildman–Crippen MR) is 141 cm³/mol. The molecule has 1 aliphatic rings. The third-order valence-electron chi connectivity index (χ3n) is 6.53. The van der Waals surface area contributed by atoms with Crippen molar-refractivity contribution in [3.8, 4) is 11.1 Å². The van der Waals surface area contributed by atoms with Crippen LogP contribution in [0.25, 0.3) is 32.7 Å². The van der Waals surface area contributed by atoms with E-state index in [0.29, 0.717) is 6.16 Å². The van der Waals surface area contributed by atoms with Crippen molar-refractivity contribution in [2.75, 3.05) is 6.16 Å². The fourth-order valence-corrected chi connectivity index (χ4v) is 8.31. The van der Waals surface area contributed by atoms with E-state index in [9.17, 15) is 4.57 Å². The molecule has 5 rings (SSSR count). The molecule has 32 heavy (non-hydrogen) atoms. The highest BCUT2D eigenvalue weighted by Crippen LogP contribution is 2.56. The van der Waals surface area contributed by atoms with Gasteiger partial charge in [0.1, 0.15) is 7.14 Å². The van der Waals surface area contributed by atoms with E-state index in [0.717, 1.165) is 23.5 Å². The molecule has 0 atom stereocenters. The standard InChI is InChI=1S/C30H29OP/c1-21(2)10-4-5-11-22(3)20-32(31)27-18-16-23-12-6-8-14-25(23)29(27)30-26-15-9-7-13-24(26)17-19-28(30)32/h6-19H,4-5,20H2,1-3H3/b22-11+. The van der Waals surface area contributed by atoms with Crippen LogP contribution in [0.2, 0.25) is 0 Å². The average Bonchev–Trinajstić information content (AvgIpc) is 3.05. The molecular formula is C30H29OP. The van der Waals surface area contributed by atoms with E-state index in [4.69, 9.17) is 0 Å². The first-order valence-electron chi connectivity index (χ1n) is 11.4. The van der Waals surface area contributed by atoms with Crippen molar-refractivity contribution in [3.05, 3.63) is 96.1 Å². The maximum Gasteiger partial charge on any atom is 0.148 e. The van der Waals surface area contributed by atoms with Gasteiger partial charge in [0.15, 0.2) is 0 Å².